The lowest BCUT2D eigenvalue weighted by Gasteiger charge is -2.12. The molecule has 2 N–H and O–H groups in total. The number of aromatic nitrogens is 1. The van der Waals surface area contributed by atoms with Gasteiger partial charge in [0.05, 0.1) is 0 Å². The summed E-state index contributed by atoms with van der Waals surface area (Å²) in [5.74, 6) is -2.42. The highest BCUT2D eigenvalue weighted by atomic mass is 32.2. The van der Waals surface area contributed by atoms with E-state index in [9.17, 15) is 8.78 Å². The monoisotopic (exact) mass is 361 g/mol. The SMILES string of the molecule is FC(F)Sc1ccc(NC(=S)Nc2cccc3cnccc23)cc1. The van der Waals surface area contributed by atoms with Crippen LogP contribution in [0.2, 0.25) is 0 Å². The maximum Gasteiger partial charge on any atom is 0.288 e. The summed E-state index contributed by atoms with van der Waals surface area (Å²) in [6, 6.07) is 14.4. The number of thioether (sulfide) groups is 1. The summed E-state index contributed by atoms with van der Waals surface area (Å²) < 4.78 is 24.6. The van der Waals surface area contributed by atoms with E-state index in [4.69, 9.17) is 12.2 Å². The van der Waals surface area contributed by atoms with Crippen molar-refractivity contribution in [2.24, 2.45) is 0 Å². The van der Waals surface area contributed by atoms with Crippen molar-refractivity contribution in [1.82, 2.24) is 4.98 Å². The Labute approximate surface area is 147 Å². The molecule has 2 aromatic carbocycles. The molecule has 122 valence electrons. The van der Waals surface area contributed by atoms with Crippen molar-refractivity contribution in [2.45, 2.75) is 10.7 Å². The summed E-state index contributed by atoms with van der Waals surface area (Å²) in [5, 5.41) is 8.64. The molecule has 0 aliphatic rings. The van der Waals surface area contributed by atoms with Crippen LogP contribution in [0, 0.1) is 0 Å². The van der Waals surface area contributed by atoms with Crippen LogP contribution < -0.4 is 10.6 Å². The number of alkyl halides is 2. The molecule has 1 aromatic heterocycles. The van der Waals surface area contributed by atoms with Gasteiger partial charge in [0.15, 0.2) is 5.11 Å². The second-order valence-corrected chi connectivity index (χ2v) is 6.36. The Morgan fingerprint density at radius 3 is 2.58 bits per heavy atom. The lowest BCUT2D eigenvalue weighted by Crippen LogP contribution is -2.19. The molecule has 0 radical (unpaired) electrons. The van der Waals surface area contributed by atoms with Crippen LogP contribution in [0.5, 0.6) is 0 Å². The van der Waals surface area contributed by atoms with E-state index < -0.39 is 5.76 Å². The number of nitrogens with zero attached hydrogens (tertiary/aromatic N) is 1. The summed E-state index contributed by atoms with van der Waals surface area (Å²) >= 11 is 5.84. The first kappa shape index (κ1) is 16.6. The highest BCUT2D eigenvalue weighted by Gasteiger charge is 2.06. The van der Waals surface area contributed by atoms with Gasteiger partial charge in [-0.1, -0.05) is 23.9 Å². The van der Waals surface area contributed by atoms with Gasteiger partial charge in [0.25, 0.3) is 5.76 Å². The van der Waals surface area contributed by atoms with Crippen molar-refractivity contribution in [3.8, 4) is 0 Å². The summed E-state index contributed by atoms with van der Waals surface area (Å²) in [6.45, 7) is 0. The van der Waals surface area contributed by atoms with E-state index in [1.165, 1.54) is 0 Å². The average Bonchev–Trinajstić information content (AvgIpc) is 2.56. The van der Waals surface area contributed by atoms with Gasteiger partial charge in [-0.15, -0.1) is 0 Å². The Morgan fingerprint density at radius 2 is 1.83 bits per heavy atom. The molecular weight excluding hydrogens is 348 g/mol. The second-order valence-electron chi connectivity index (χ2n) is 4.88. The van der Waals surface area contributed by atoms with E-state index in [1.807, 2.05) is 24.3 Å². The molecule has 0 saturated carbocycles. The van der Waals surface area contributed by atoms with Crippen molar-refractivity contribution in [3.63, 3.8) is 0 Å². The van der Waals surface area contributed by atoms with Gasteiger partial charge in [0.2, 0.25) is 0 Å². The average molecular weight is 361 g/mol. The highest BCUT2D eigenvalue weighted by Crippen LogP contribution is 2.26. The fraction of sp³-hybridized carbons (Fsp3) is 0.0588. The van der Waals surface area contributed by atoms with Crippen molar-refractivity contribution in [3.05, 3.63) is 60.9 Å². The lowest BCUT2D eigenvalue weighted by atomic mass is 10.1. The van der Waals surface area contributed by atoms with Gasteiger partial charge in [0.1, 0.15) is 0 Å². The second kappa shape index (κ2) is 7.55. The molecule has 0 spiro atoms. The molecule has 3 aromatic rings. The first-order valence-corrected chi connectivity index (χ1v) is 8.36. The van der Waals surface area contributed by atoms with Crippen LogP contribution in [0.15, 0.2) is 65.8 Å². The van der Waals surface area contributed by atoms with Gasteiger partial charge < -0.3 is 10.6 Å². The zero-order valence-corrected chi connectivity index (χ0v) is 14.0. The van der Waals surface area contributed by atoms with Gasteiger partial charge in [-0.2, -0.15) is 8.78 Å². The predicted molar refractivity (Wildman–Crippen MR) is 99.9 cm³/mol. The molecule has 0 saturated heterocycles. The summed E-state index contributed by atoms with van der Waals surface area (Å²) in [4.78, 5) is 4.61. The van der Waals surface area contributed by atoms with E-state index >= 15 is 0 Å². The van der Waals surface area contributed by atoms with Crippen LogP contribution in [0.3, 0.4) is 0 Å². The molecule has 0 atom stereocenters. The Bertz CT molecular complexity index is 849. The van der Waals surface area contributed by atoms with E-state index in [0.29, 0.717) is 21.8 Å². The van der Waals surface area contributed by atoms with Crippen molar-refractivity contribution in [2.75, 3.05) is 10.6 Å². The molecule has 3 nitrogen and oxygen atoms in total. The molecule has 7 heteroatoms. The third-order valence-electron chi connectivity index (χ3n) is 3.27. The van der Waals surface area contributed by atoms with Gasteiger partial charge in [0, 0.05) is 39.4 Å². The summed E-state index contributed by atoms with van der Waals surface area (Å²) in [6.07, 6.45) is 3.51. The summed E-state index contributed by atoms with van der Waals surface area (Å²) in [5.41, 5.74) is 1.60. The summed E-state index contributed by atoms with van der Waals surface area (Å²) in [7, 11) is 0. The van der Waals surface area contributed by atoms with Crippen LogP contribution in [0.4, 0.5) is 20.2 Å². The first-order chi connectivity index (χ1) is 11.6. The molecule has 0 fully saturated rings. The van der Waals surface area contributed by atoms with Crippen molar-refractivity contribution in [1.29, 1.82) is 0 Å². The Morgan fingerprint density at radius 1 is 1.04 bits per heavy atom. The third kappa shape index (κ3) is 4.18. The predicted octanol–water partition coefficient (Wildman–Crippen LogP) is 5.36. The Kier molecular flexibility index (Phi) is 5.22. The number of fused-ring (bicyclic) bond motifs is 1. The maximum atomic E-state index is 12.3. The number of hydrogen-bond acceptors (Lipinski definition) is 3. The maximum absolute atomic E-state index is 12.3. The molecule has 24 heavy (non-hydrogen) atoms. The Hall–Kier alpha value is -2.25. The van der Waals surface area contributed by atoms with E-state index in [-0.39, 0.29) is 0 Å². The minimum atomic E-state index is -2.42. The number of nitrogens with one attached hydrogen (secondary N) is 2. The lowest BCUT2D eigenvalue weighted by molar-refractivity contribution is 0.252. The molecule has 0 bridgehead atoms. The van der Waals surface area contributed by atoms with E-state index in [1.54, 1.807) is 36.7 Å². The quantitative estimate of drug-likeness (QED) is 0.483. The van der Waals surface area contributed by atoms with Crippen molar-refractivity contribution >= 4 is 51.2 Å². The number of rotatable bonds is 4. The minimum Gasteiger partial charge on any atom is -0.332 e. The molecule has 0 unspecified atom stereocenters. The highest BCUT2D eigenvalue weighted by molar-refractivity contribution is 7.99. The van der Waals surface area contributed by atoms with Crippen LogP contribution in [0.25, 0.3) is 10.8 Å². The minimum absolute atomic E-state index is 0.425. The normalized spacial score (nSPS) is 10.8. The molecule has 3 rings (SSSR count). The zero-order chi connectivity index (χ0) is 16.9. The Balaban J connectivity index is 1.69. The van der Waals surface area contributed by atoms with E-state index in [2.05, 4.69) is 15.6 Å². The van der Waals surface area contributed by atoms with Gasteiger partial charge in [-0.05, 0) is 48.6 Å². The number of anilines is 2. The van der Waals surface area contributed by atoms with Crippen LogP contribution in [0.1, 0.15) is 0 Å². The topological polar surface area (TPSA) is 37.0 Å². The molecule has 0 amide bonds. The fourth-order valence-corrected chi connectivity index (χ4v) is 2.96. The fourth-order valence-electron chi connectivity index (χ4n) is 2.24. The van der Waals surface area contributed by atoms with E-state index in [0.717, 1.165) is 22.1 Å². The third-order valence-corrected chi connectivity index (χ3v) is 4.19. The molecule has 0 aliphatic heterocycles. The van der Waals surface area contributed by atoms with Crippen LogP contribution >= 0.6 is 24.0 Å². The number of benzene rings is 2. The van der Waals surface area contributed by atoms with Gasteiger partial charge in [-0.3, -0.25) is 4.98 Å². The van der Waals surface area contributed by atoms with Crippen molar-refractivity contribution < 1.29 is 8.78 Å². The molecule has 1 heterocycles. The van der Waals surface area contributed by atoms with Gasteiger partial charge >= 0.3 is 0 Å². The smallest absolute Gasteiger partial charge is 0.288 e. The van der Waals surface area contributed by atoms with Crippen LogP contribution in [-0.2, 0) is 0 Å². The number of hydrogen-bond donors (Lipinski definition) is 2. The number of thiocarbonyl (C=S) groups is 1. The van der Waals surface area contributed by atoms with Crippen LogP contribution in [-0.4, -0.2) is 15.9 Å². The zero-order valence-electron chi connectivity index (χ0n) is 12.4. The largest absolute Gasteiger partial charge is 0.332 e. The molecular formula is C17H13F2N3S2. The number of pyridine rings is 1. The number of halogens is 2. The standard InChI is InChI=1S/C17H13F2N3S2/c18-16(19)24-13-6-4-12(5-7-13)21-17(23)22-15-3-1-2-11-10-20-9-8-14(11)15/h1-10,16H,(H2,21,22,23). The first-order valence-electron chi connectivity index (χ1n) is 7.07. The molecule has 0 aliphatic carbocycles. The van der Waals surface area contributed by atoms with Gasteiger partial charge in [-0.25, -0.2) is 0 Å².